The predicted octanol–water partition coefficient (Wildman–Crippen LogP) is 1.99. The summed E-state index contributed by atoms with van der Waals surface area (Å²) in [6.45, 7) is 4.51. The van der Waals surface area contributed by atoms with E-state index in [1.165, 1.54) is 28.7 Å². The van der Waals surface area contributed by atoms with Crippen molar-refractivity contribution in [1.82, 2.24) is 14.2 Å². The van der Waals surface area contributed by atoms with Crippen LogP contribution in [-0.4, -0.2) is 73.2 Å². The molecule has 1 aromatic rings. The number of thioether (sulfide) groups is 1. The highest BCUT2D eigenvalue weighted by Gasteiger charge is 2.27. The van der Waals surface area contributed by atoms with Gasteiger partial charge in [0.25, 0.3) is 0 Å². The van der Waals surface area contributed by atoms with E-state index >= 15 is 0 Å². The summed E-state index contributed by atoms with van der Waals surface area (Å²) in [6, 6.07) is 3.60. The zero-order valence-corrected chi connectivity index (χ0v) is 17.3. The second kappa shape index (κ2) is 9.36. The Bertz CT molecular complexity index is 733. The third-order valence-electron chi connectivity index (χ3n) is 5.08. The van der Waals surface area contributed by atoms with Crippen LogP contribution in [0.1, 0.15) is 32.6 Å². The molecule has 1 atom stereocenters. The summed E-state index contributed by atoms with van der Waals surface area (Å²) >= 11 is 1.36. The zero-order valence-electron chi connectivity index (χ0n) is 15.7. The van der Waals surface area contributed by atoms with Gasteiger partial charge >= 0.3 is 0 Å². The molecular formula is C18H27N3O4S2. The van der Waals surface area contributed by atoms with Crippen LogP contribution in [0.25, 0.3) is 0 Å². The molecule has 0 spiro atoms. The van der Waals surface area contributed by atoms with Gasteiger partial charge in [-0.15, -0.1) is 0 Å². The first kappa shape index (κ1) is 20.6. The molecule has 1 unspecified atom stereocenters. The number of nitrogens with zero attached hydrogens (tertiary/aromatic N) is 3. The fourth-order valence-corrected chi connectivity index (χ4v) is 5.60. The van der Waals surface area contributed by atoms with Gasteiger partial charge in [-0.05, 0) is 37.8 Å². The lowest BCUT2D eigenvalue weighted by atomic mass is 10.0. The molecule has 2 aliphatic rings. The Balaban J connectivity index is 1.58. The molecule has 0 radical (unpaired) electrons. The molecule has 0 aromatic carbocycles. The maximum atomic E-state index is 12.6. The first-order valence-corrected chi connectivity index (χ1v) is 11.9. The number of carbonyl (C=O) groups excluding carboxylic acids is 1. The number of likely N-dealkylation sites (tertiary alicyclic amines) is 1. The number of piperidine rings is 1. The number of morpholine rings is 1. The SMILES string of the molecule is CCC1CCCCN1C(=O)CSc1ccc(S(=O)(=O)N2CCOCC2)cn1. The van der Waals surface area contributed by atoms with Crippen molar-refractivity contribution in [3.05, 3.63) is 18.3 Å². The second-order valence-electron chi connectivity index (χ2n) is 6.78. The standard InChI is InChI=1S/C18H27N3O4S2/c1-2-15-5-3-4-8-21(15)18(22)14-26-17-7-6-16(13-19-17)27(23,24)20-9-11-25-12-10-20/h6-7,13,15H,2-5,8-12,14H2,1H3. The van der Waals surface area contributed by atoms with Crippen LogP contribution in [0.4, 0.5) is 0 Å². The van der Waals surface area contributed by atoms with Crippen LogP contribution in [0.5, 0.6) is 0 Å². The van der Waals surface area contributed by atoms with E-state index in [1.807, 2.05) is 4.90 Å². The third-order valence-corrected chi connectivity index (χ3v) is 7.89. The van der Waals surface area contributed by atoms with Crippen LogP contribution in [0.3, 0.4) is 0 Å². The molecular weight excluding hydrogens is 386 g/mol. The van der Waals surface area contributed by atoms with E-state index in [4.69, 9.17) is 4.74 Å². The average Bonchev–Trinajstić information content (AvgIpc) is 2.73. The molecule has 3 rings (SSSR count). The topological polar surface area (TPSA) is 79.8 Å². The summed E-state index contributed by atoms with van der Waals surface area (Å²) in [5.74, 6) is 0.470. The Hall–Kier alpha value is -1.16. The van der Waals surface area contributed by atoms with Gasteiger partial charge in [-0.2, -0.15) is 4.31 Å². The second-order valence-corrected chi connectivity index (χ2v) is 9.72. The Morgan fingerprint density at radius 1 is 1.26 bits per heavy atom. The van der Waals surface area contributed by atoms with Crippen molar-refractivity contribution in [1.29, 1.82) is 0 Å². The first-order valence-electron chi connectivity index (χ1n) is 9.48. The largest absolute Gasteiger partial charge is 0.379 e. The average molecular weight is 414 g/mol. The third kappa shape index (κ3) is 5.01. The Morgan fingerprint density at radius 2 is 2.04 bits per heavy atom. The Morgan fingerprint density at radius 3 is 2.70 bits per heavy atom. The normalized spacial score (nSPS) is 22.0. The minimum absolute atomic E-state index is 0.137. The van der Waals surface area contributed by atoms with E-state index in [0.29, 0.717) is 43.1 Å². The van der Waals surface area contributed by atoms with Gasteiger partial charge < -0.3 is 9.64 Å². The minimum Gasteiger partial charge on any atom is -0.379 e. The van der Waals surface area contributed by atoms with Crippen LogP contribution in [0.15, 0.2) is 28.3 Å². The van der Waals surface area contributed by atoms with Gasteiger partial charge in [0.1, 0.15) is 4.90 Å². The zero-order chi connectivity index (χ0) is 19.3. The van der Waals surface area contributed by atoms with Crippen LogP contribution in [0, 0.1) is 0 Å². The highest BCUT2D eigenvalue weighted by atomic mass is 32.2. The van der Waals surface area contributed by atoms with Crippen molar-refractivity contribution >= 4 is 27.7 Å². The van der Waals surface area contributed by atoms with Gasteiger partial charge in [0.2, 0.25) is 15.9 Å². The molecule has 1 amide bonds. The number of sulfonamides is 1. The van der Waals surface area contributed by atoms with Crippen molar-refractivity contribution in [2.24, 2.45) is 0 Å². The van der Waals surface area contributed by atoms with E-state index in [9.17, 15) is 13.2 Å². The number of hydrogen-bond acceptors (Lipinski definition) is 6. The number of carbonyl (C=O) groups is 1. The lowest BCUT2D eigenvalue weighted by Crippen LogP contribution is -2.44. The lowest BCUT2D eigenvalue weighted by Gasteiger charge is -2.35. The van der Waals surface area contributed by atoms with Crippen LogP contribution in [0.2, 0.25) is 0 Å². The van der Waals surface area contributed by atoms with Crippen LogP contribution < -0.4 is 0 Å². The summed E-state index contributed by atoms with van der Waals surface area (Å²) in [4.78, 5) is 19.0. The first-order chi connectivity index (χ1) is 13.0. The molecule has 150 valence electrons. The smallest absolute Gasteiger partial charge is 0.244 e. The van der Waals surface area contributed by atoms with Crippen LogP contribution >= 0.6 is 11.8 Å². The molecule has 0 bridgehead atoms. The highest BCUT2D eigenvalue weighted by molar-refractivity contribution is 7.99. The molecule has 2 fully saturated rings. The quantitative estimate of drug-likeness (QED) is 0.664. The molecule has 9 heteroatoms. The van der Waals surface area contributed by atoms with E-state index < -0.39 is 10.0 Å². The molecule has 1 aromatic heterocycles. The van der Waals surface area contributed by atoms with E-state index in [-0.39, 0.29) is 10.8 Å². The number of amides is 1. The summed E-state index contributed by atoms with van der Waals surface area (Å²) in [5.41, 5.74) is 0. The number of hydrogen-bond donors (Lipinski definition) is 0. The summed E-state index contributed by atoms with van der Waals surface area (Å²) < 4.78 is 31.8. The fourth-order valence-electron chi connectivity index (χ4n) is 3.51. The summed E-state index contributed by atoms with van der Waals surface area (Å²) in [6.07, 6.45) is 5.71. The van der Waals surface area contributed by atoms with Gasteiger partial charge in [0, 0.05) is 31.9 Å². The fraction of sp³-hybridized carbons (Fsp3) is 0.667. The Kier molecular flexibility index (Phi) is 7.13. The number of ether oxygens (including phenoxy) is 1. The monoisotopic (exact) mass is 413 g/mol. The molecule has 0 saturated carbocycles. The van der Waals surface area contributed by atoms with Crippen LogP contribution in [-0.2, 0) is 19.6 Å². The van der Waals surface area contributed by atoms with Gasteiger partial charge in [-0.1, -0.05) is 18.7 Å². The lowest BCUT2D eigenvalue weighted by molar-refractivity contribution is -0.132. The molecule has 2 saturated heterocycles. The van der Waals surface area contributed by atoms with Crippen molar-refractivity contribution in [3.8, 4) is 0 Å². The van der Waals surface area contributed by atoms with Gasteiger partial charge in [0.05, 0.1) is 24.0 Å². The molecule has 3 heterocycles. The molecule has 0 aliphatic carbocycles. The van der Waals surface area contributed by atoms with Crippen molar-refractivity contribution in [3.63, 3.8) is 0 Å². The number of pyridine rings is 1. The summed E-state index contributed by atoms with van der Waals surface area (Å²) in [5, 5.41) is 0.661. The van der Waals surface area contributed by atoms with Gasteiger partial charge in [-0.25, -0.2) is 13.4 Å². The predicted molar refractivity (Wildman–Crippen MR) is 104 cm³/mol. The number of aromatic nitrogens is 1. The molecule has 0 N–H and O–H groups in total. The summed E-state index contributed by atoms with van der Waals surface area (Å²) in [7, 11) is -3.53. The van der Waals surface area contributed by atoms with E-state index in [0.717, 1.165) is 25.8 Å². The van der Waals surface area contributed by atoms with Crippen molar-refractivity contribution in [2.75, 3.05) is 38.6 Å². The maximum Gasteiger partial charge on any atom is 0.244 e. The maximum absolute atomic E-state index is 12.6. The molecule has 2 aliphatic heterocycles. The van der Waals surface area contributed by atoms with Crippen molar-refractivity contribution in [2.45, 2.75) is 48.6 Å². The van der Waals surface area contributed by atoms with Gasteiger partial charge in [0.15, 0.2) is 0 Å². The van der Waals surface area contributed by atoms with Gasteiger partial charge in [-0.3, -0.25) is 4.79 Å². The molecule has 7 nitrogen and oxygen atoms in total. The van der Waals surface area contributed by atoms with Crippen molar-refractivity contribution < 1.29 is 17.9 Å². The molecule has 27 heavy (non-hydrogen) atoms. The van der Waals surface area contributed by atoms with E-state index in [1.54, 1.807) is 12.1 Å². The number of rotatable bonds is 6. The highest BCUT2D eigenvalue weighted by Crippen LogP contribution is 2.24. The Labute approximate surface area is 165 Å². The minimum atomic E-state index is -3.53. The van der Waals surface area contributed by atoms with E-state index in [2.05, 4.69) is 11.9 Å².